The molecule has 0 atom stereocenters. The van der Waals surface area contributed by atoms with Gasteiger partial charge in [0.25, 0.3) is 0 Å². The highest BCUT2D eigenvalue weighted by Crippen LogP contribution is 2.30. The molecule has 0 spiro atoms. The molecule has 0 bridgehead atoms. The molecule has 1 aromatic carbocycles. The van der Waals surface area contributed by atoms with Gasteiger partial charge in [0.1, 0.15) is 5.75 Å². The highest BCUT2D eigenvalue weighted by atomic mass is 16.6. The molecule has 86 valence electrons. The first-order valence-corrected chi connectivity index (χ1v) is 5.05. The molecule has 0 saturated carbocycles. The summed E-state index contributed by atoms with van der Waals surface area (Å²) in [6.07, 6.45) is 2.44. The van der Waals surface area contributed by atoms with Crippen LogP contribution in [0.1, 0.15) is 30.9 Å². The Hall–Kier alpha value is -1.84. The molecule has 4 nitrogen and oxygen atoms in total. The highest BCUT2D eigenvalue weighted by Gasteiger charge is 2.11. The minimum absolute atomic E-state index is 0.252. The van der Waals surface area contributed by atoms with Gasteiger partial charge in [-0.3, -0.25) is 10.1 Å². The third kappa shape index (κ3) is 2.82. The molecule has 0 aliphatic heterocycles. The second-order valence-corrected chi connectivity index (χ2v) is 3.72. The van der Waals surface area contributed by atoms with Gasteiger partial charge in [0.05, 0.1) is 12.0 Å². The fourth-order valence-electron chi connectivity index (χ4n) is 1.64. The molecule has 0 N–H and O–H groups in total. The van der Waals surface area contributed by atoms with E-state index in [1.807, 2.05) is 32.0 Å². The molecule has 1 aromatic rings. The van der Waals surface area contributed by atoms with E-state index in [0.29, 0.717) is 0 Å². The fraction of sp³-hybridized carbons (Fsp3) is 0.333. The molecule has 0 radical (unpaired) electrons. The van der Waals surface area contributed by atoms with E-state index in [0.717, 1.165) is 23.1 Å². The predicted octanol–water partition coefficient (Wildman–Crippen LogP) is 3.07. The molecule has 0 amide bonds. The van der Waals surface area contributed by atoms with Crippen LogP contribution in [0.25, 0.3) is 6.08 Å². The summed E-state index contributed by atoms with van der Waals surface area (Å²) < 4.78 is 5.25. The van der Waals surface area contributed by atoms with Crippen LogP contribution in [-0.4, -0.2) is 12.0 Å². The Bertz CT molecular complexity index is 411. The normalized spacial score (nSPS) is 11.0. The Morgan fingerprint density at radius 2 is 2.12 bits per heavy atom. The van der Waals surface area contributed by atoms with Crippen LogP contribution in [0.5, 0.6) is 5.75 Å². The number of nitrogens with zero attached hydrogens (tertiary/aromatic N) is 1. The summed E-state index contributed by atoms with van der Waals surface area (Å²) >= 11 is 0. The van der Waals surface area contributed by atoms with E-state index < -0.39 is 4.92 Å². The molecule has 0 aliphatic carbocycles. The molecule has 0 saturated heterocycles. The van der Waals surface area contributed by atoms with E-state index in [2.05, 4.69) is 0 Å². The van der Waals surface area contributed by atoms with E-state index in [9.17, 15) is 10.1 Å². The van der Waals surface area contributed by atoms with Crippen LogP contribution in [0.2, 0.25) is 0 Å². The zero-order chi connectivity index (χ0) is 12.1. The first kappa shape index (κ1) is 12.2. The van der Waals surface area contributed by atoms with E-state index >= 15 is 0 Å². The summed E-state index contributed by atoms with van der Waals surface area (Å²) in [6, 6.07) is 5.53. The first-order valence-electron chi connectivity index (χ1n) is 5.05. The van der Waals surface area contributed by atoms with Crippen LogP contribution in [0.3, 0.4) is 0 Å². The van der Waals surface area contributed by atoms with E-state index in [-0.39, 0.29) is 5.92 Å². The van der Waals surface area contributed by atoms with Gasteiger partial charge in [0.15, 0.2) is 0 Å². The summed E-state index contributed by atoms with van der Waals surface area (Å²) in [7, 11) is 1.60. The molecule has 0 heterocycles. The van der Waals surface area contributed by atoms with Crippen molar-refractivity contribution in [3.05, 3.63) is 45.6 Å². The quantitative estimate of drug-likeness (QED) is 0.580. The highest BCUT2D eigenvalue weighted by molar-refractivity contribution is 5.58. The number of benzene rings is 1. The summed E-state index contributed by atoms with van der Waals surface area (Å²) in [5.41, 5.74) is 1.81. The van der Waals surface area contributed by atoms with Crippen molar-refractivity contribution in [2.75, 3.05) is 7.11 Å². The maximum atomic E-state index is 10.3. The number of nitro groups is 1. The number of hydrogen-bond donors (Lipinski definition) is 0. The Kier molecular flexibility index (Phi) is 4.05. The van der Waals surface area contributed by atoms with Crippen molar-refractivity contribution < 1.29 is 9.66 Å². The minimum Gasteiger partial charge on any atom is -0.496 e. The summed E-state index contributed by atoms with van der Waals surface area (Å²) in [4.78, 5) is 9.83. The third-order valence-electron chi connectivity index (χ3n) is 2.27. The Labute approximate surface area is 94.7 Å². The van der Waals surface area contributed by atoms with Gasteiger partial charge in [-0.05, 0) is 17.5 Å². The monoisotopic (exact) mass is 221 g/mol. The number of methoxy groups -OCH3 is 1. The van der Waals surface area contributed by atoms with Crippen molar-refractivity contribution in [3.63, 3.8) is 0 Å². The van der Waals surface area contributed by atoms with Gasteiger partial charge in [-0.25, -0.2) is 0 Å². The van der Waals surface area contributed by atoms with Crippen LogP contribution in [0, 0.1) is 10.1 Å². The second kappa shape index (κ2) is 5.30. The predicted molar refractivity (Wildman–Crippen MR) is 63.1 cm³/mol. The molecular formula is C12H15NO3. The van der Waals surface area contributed by atoms with Crippen LogP contribution < -0.4 is 4.74 Å². The van der Waals surface area contributed by atoms with E-state index in [4.69, 9.17) is 4.74 Å². The lowest BCUT2D eigenvalue weighted by Gasteiger charge is -2.14. The minimum atomic E-state index is -0.469. The molecular weight excluding hydrogens is 206 g/mol. The van der Waals surface area contributed by atoms with Crippen LogP contribution in [0.4, 0.5) is 0 Å². The molecule has 0 fully saturated rings. The van der Waals surface area contributed by atoms with Crippen molar-refractivity contribution >= 4 is 6.08 Å². The van der Waals surface area contributed by atoms with Gasteiger partial charge in [0, 0.05) is 11.6 Å². The van der Waals surface area contributed by atoms with Gasteiger partial charge in [-0.1, -0.05) is 26.0 Å². The number of ether oxygens (including phenoxy) is 1. The van der Waals surface area contributed by atoms with Gasteiger partial charge in [-0.15, -0.1) is 0 Å². The van der Waals surface area contributed by atoms with Crippen molar-refractivity contribution in [3.8, 4) is 5.75 Å². The maximum absolute atomic E-state index is 10.3. The molecule has 4 heteroatoms. The maximum Gasteiger partial charge on any atom is 0.235 e. The summed E-state index contributed by atoms with van der Waals surface area (Å²) in [5, 5.41) is 10.3. The smallest absolute Gasteiger partial charge is 0.235 e. The Balaban J connectivity index is 3.22. The summed E-state index contributed by atoms with van der Waals surface area (Å²) in [5.74, 6) is 1.02. The second-order valence-electron chi connectivity index (χ2n) is 3.72. The standard InChI is InChI=1S/C12H15NO3/c1-9(2)12-10(7-8-13(14)15)5-4-6-11(12)16-3/h4-9H,1-3H3. The van der Waals surface area contributed by atoms with Crippen LogP contribution in [-0.2, 0) is 0 Å². The molecule has 0 unspecified atom stereocenters. The Morgan fingerprint density at radius 3 is 2.62 bits per heavy atom. The van der Waals surface area contributed by atoms with Crippen molar-refractivity contribution in [1.29, 1.82) is 0 Å². The summed E-state index contributed by atoms with van der Waals surface area (Å²) in [6.45, 7) is 4.06. The van der Waals surface area contributed by atoms with Gasteiger partial charge in [0.2, 0.25) is 6.20 Å². The lowest BCUT2D eigenvalue weighted by Crippen LogP contribution is -1.97. The lowest BCUT2D eigenvalue weighted by molar-refractivity contribution is -0.400. The number of hydrogen-bond acceptors (Lipinski definition) is 3. The van der Waals surface area contributed by atoms with Crippen molar-refractivity contribution in [2.24, 2.45) is 0 Å². The molecule has 1 rings (SSSR count). The Morgan fingerprint density at radius 1 is 1.44 bits per heavy atom. The van der Waals surface area contributed by atoms with Crippen molar-refractivity contribution in [2.45, 2.75) is 19.8 Å². The SMILES string of the molecule is COc1cccc(C=C[N+](=O)[O-])c1C(C)C. The van der Waals surface area contributed by atoms with Crippen LogP contribution >= 0.6 is 0 Å². The molecule has 0 aromatic heterocycles. The zero-order valence-electron chi connectivity index (χ0n) is 9.64. The van der Waals surface area contributed by atoms with Gasteiger partial charge >= 0.3 is 0 Å². The molecule has 16 heavy (non-hydrogen) atoms. The molecule has 0 aliphatic rings. The average molecular weight is 221 g/mol. The zero-order valence-corrected chi connectivity index (χ0v) is 9.64. The lowest BCUT2D eigenvalue weighted by atomic mass is 9.96. The largest absolute Gasteiger partial charge is 0.496 e. The van der Waals surface area contributed by atoms with Gasteiger partial charge < -0.3 is 4.74 Å². The number of rotatable bonds is 4. The average Bonchev–Trinajstić information content (AvgIpc) is 2.25. The van der Waals surface area contributed by atoms with E-state index in [1.54, 1.807) is 7.11 Å². The first-order chi connectivity index (χ1) is 7.56. The fourth-order valence-corrected chi connectivity index (χ4v) is 1.64. The van der Waals surface area contributed by atoms with E-state index in [1.165, 1.54) is 6.08 Å². The third-order valence-corrected chi connectivity index (χ3v) is 2.27. The topological polar surface area (TPSA) is 52.4 Å². The van der Waals surface area contributed by atoms with Crippen molar-refractivity contribution in [1.82, 2.24) is 0 Å². The van der Waals surface area contributed by atoms with Crippen LogP contribution in [0.15, 0.2) is 24.4 Å². The van der Waals surface area contributed by atoms with Gasteiger partial charge in [-0.2, -0.15) is 0 Å².